The molecule has 0 amide bonds. The summed E-state index contributed by atoms with van der Waals surface area (Å²) in [5.41, 5.74) is 1.38. The molecule has 0 aromatic rings. The first kappa shape index (κ1) is 62.1. The molecule has 0 bridgehead atoms. The van der Waals surface area contributed by atoms with Gasteiger partial charge in [-0.15, -0.1) is 0 Å². The Morgan fingerprint density at radius 1 is 0.466 bits per heavy atom. The molecule has 39 heteroatoms. The van der Waals surface area contributed by atoms with Gasteiger partial charge in [-0.2, -0.15) is 33.7 Å². The first-order valence-corrected chi connectivity index (χ1v) is 27.1. The molecule has 428 valence electrons. The monoisotopic (exact) mass is 1150 g/mol. The van der Waals surface area contributed by atoms with Crippen LogP contribution in [0.3, 0.4) is 0 Å². The van der Waals surface area contributed by atoms with Gasteiger partial charge in [-0.1, -0.05) is 27.7 Å². The summed E-state index contributed by atoms with van der Waals surface area (Å²) in [6.45, 7) is 3.54. The normalized spacial score (nSPS) is 44.4. The van der Waals surface area contributed by atoms with E-state index in [9.17, 15) is 88.5 Å². The molecule has 0 spiro atoms. The minimum atomic E-state index is -5.60. The average Bonchev–Trinajstić information content (AvgIpc) is 3.27. The van der Waals surface area contributed by atoms with Gasteiger partial charge in [0.25, 0.3) is 0 Å². The molecule has 5 saturated heterocycles. The van der Waals surface area contributed by atoms with E-state index in [0.29, 0.717) is 0 Å². The predicted octanol–water partition coefficient (Wildman–Crippen LogP) is -6.30. The largest absolute Gasteiger partial charge is 0.786 e. The molecule has 0 aliphatic carbocycles. The Morgan fingerprint density at radius 3 is 1.47 bits per heavy atom. The molecule has 35 nitrogen and oxygen atoms in total. The number of nitrogens with one attached hydrogen (secondary N) is 1. The second kappa shape index (κ2) is 24.5. The van der Waals surface area contributed by atoms with Gasteiger partial charge in [0.05, 0.1) is 44.2 Å². The molecule has 0 aromatic carbocycles. The number of ether oxygens (including phenoxy) is 9. The van der Waals surface area contributed by atoms with Gasteiger partial charge in [-0.3, -0.25) is 18.2 Å². The van der Waals surface area contributed by atoms with Crippen molar-refractivity contribution in [1.29, 1.82) is 0 Å². The quantitative estimate of drug-likeness (QED) is 0.0376. The summed E-state index contributed by atoms with van der Waals surface area (Å²) in [6.07, 6.45) is -41.0. The summed E-state index contributed by atoms with van der Waals surface area (Å²) >= 11 is 0. The molecule has 0 aromatic heterocycles. The fraction of sp³-hybridized carbons (Fsp3) is 0.971. The molecule has 73 heavy (non-hydrogen) atoms. The Hall–Kier alpha value is -1.73. The van der Waals surface area contributed by atoms with Gasteiger partial charge in [0.15, 0.2) is 37.4 Å². The molecule has 5 aliphatic rings. The number of hydroxylamine groups is 1. The Bertz CT molecular complexity index is 2300. The lowest BCUT2D eigenvalue weighted by Gasteiger charge is -2.51. The predicted molar refractivity (Wildman–Crippen MR) is 224 cm³/mol. The van der Waals surface area contributed by atoms with Crippen molar-refractivity contribution in [3.8, 4) is 0 Å². The first-order chi connectivity index (χ1) is 33.5. The van der Waals surface area contributed by atoms with Crippen LogP contribution in [-0.4, -0.2) is 242 Å². The van der Waals surface area contributed by atoms with Crippen molar-refractivity contribution in [3.63, 3.8) is 0 Å². The van der Waals surface area contributed by atoms with Crippen LogP contribution >= 0.6 is 0 Å². The van der Waals surface area contributed by atoms with E-state index in [0.717, 1.165) is 0 Å². The number of aliphatic hydroxyl groups is 6. The number of carbonyl (C=O) groups is 1. The lowest BCUT2D eigenvalue weighted by molar-refractivity contribution is -0.377. The maximum atomic E-state index is 12.6. The molecule has 0 saturated carbocycles. The third-order valence-corrected chi connectivity index (χ3v) is 14.6. The minimum absolute atomic E-state index is 0.829. The van der Waals surface area contributed by atoms with Crippen molar-refractivity contribution in [1.82, 2.24) is 5.48 Å². The van der Waals surface area contributed by atoms with Crippen molar-refractivity contribution in [2.75, 3.05) is 19.8 Å². The van der Waals surface area contributed by atoms with Crippen LogP contribution in [0.25, 0.3) is 0 Å². The summed E-state index contributed by atoms with van der Waals surface area (Å²) < 4.78 is 199. The van der Waals surface area contributed by atoms with Crippen molar-refractivity contribution < 1.29 is 152 Å². The SMILES string of the molecule is CC1[C@@H](O[C@H]2C(O)C(OS(=O)(=O)O)[C@H](O[C@@H]3C(COS(=O)(=O)O)O[C@H](C)C(C)[C@H]3O)O[C@H]2N[O-])OC(COS(=O)(=O)O)[C@@H](O[C@@H]2OC(C(=O)O)[C@@H](O[C@H]3OC(COS(=O)(=O)O)[C@@H](O)[C@H](O)C3C)[C@H](O)C2O)[C@@H]1C. The molecular formula is C34H58NO34S4-. The summed E-state index contributed by atoms with van der Waals surface area (Å²) in [4.78, 5) is 12.6. The van der Waals surface area contributed by atoms with Crippen molar-refractivity contribution in [3.05, 3.63) is 5.21 Å². The maximum Gasteiger partial charge on any atom is 0.397 e. The van der Waals surface area contributed by atoms with Crippen LogP contribution in [0.15, 0.2) is 0 Å². The second-order valence-corrected chi connectivity index (χ2v) is 22.0. The minimum Gasteiger partial charge on any atom is -0.786 e. The summed E-state index contributed by atoms with van der Waals surface area (Å²) in [7, 11) is -21.1. The van der Waals surface area contributed by atoms with Gasteiger partial charge < -0.3 is 89.1 Å². The molecular weight excluding hydrogens is 1090 g/mol. The molecule has 0 radical (unpaired) electrons. The van der Waals surface area contributed by atoms with Gasteiger partial charge >= 0.3 is 47.6 Å². The van der Waals surface area contributed by atoms with Crippen molar-refractivity contribution >= 4 is 47.6 Å². The maximum absolute atomic E-state index is 12.6. The highest BCUT2D eigenvalue weighted by atomic mass is 32.3. The second-order valence-electron chi connectivity index (χ2n) is 17.7. The van der Waals surface area contributed by atoms with E-state index in [2.05, 4.69) is 16.7 Å². The zero-order valence-electron chi connectivity index (χ0n) is 38.5. The van der Waals surface area contributed by atoms with E-state index in [1.165, 1.54) is 40.1 Å². The standard InChI is InChI=1S/C34H58NO34S4/c1-9-10(2)31(66-26-22(41)27(69-73(54,55)56)34(68-29(26)35-44)64-24-16(8-59-72(51,52)53)60-13(5)11(3)18(24)37)62-15(7-58-71(48,49)50)23(9)63-33-21(40)20(39)25(28(67-33)30(42)43)65-32-12(4)17(36)19(38)14(61-32)6-57-70(45,46)47/h9-29,31-41H,6-8H2,1-5H3,(H,42,43)(H,45,46,47)(H,48,49,50)(H,51,52,53)(H,54,55,56)/q-1/t9-,10?,11?,12?,13-,14?,15?,16?,17-,18-,19-,20-,21?,22?,23+,24-,25+,26+,27?,28?,29-,31-,32-,33-,34-/m1/s1. The fourth-order valence-corrected chi connectivity index (χ4v) is 9.91. The van der Waals surface area contributed by atoms with Gasteiger partial charge in [-0.25, -0.2) is 21.5 Å². The Morgan fingerprint density at radius 2 is 0.945 bits per heavy atom. The van der Waals surface area contributed by atoms with Crippen LogP contribution in [-0.2, 0) is 106 Å². The number of hydrogen-bond donors (Lipinski definition) is 12. The highest BCUT2D eigenvalue weighted by molar-refractivity contribution is 7.81. The zero-order valence-corrected chi connectivity index (χ0v) is 41.8. The number of carboxylic acids is 1. The van der Waals surface area contributed by atoms with Gasteiger partial charge in [0.2, 0.25) is 0 Å². The van der Waals surface area contributed by atoms with E-state index < -0.39 is 220 Å². The van der Waals surface area contributed by atoms with Crippen LogP contribution in [0.4, 0.5) is 0 Å². The first-order valence-electron chi connectivity index (χ1n) is 21.6. The average molecular weight is 1150 g/mol. The highest BCUT2D eigenvalue weighted by Gasteiger charge is 2.57. The van der Waals surface area contributed by atoms with E-state index in [4.69, 9.17) is 51.7 Å². The number of aliphatic carboxylic acids is 1. The molecule has 25 atom stereocenters. The number of rotatable bonds is 21. The summed E-state index contributed by atoms with van der Waals surface area (Å²) in [5, 5.41) is 88.9. The zero-order chi connectivity index (χ0) is 55.0. The number of aliphatic hydroxyl groups excluding tert-OH is 6. The third kappa shape index (κ3) is 16.0. The van der Waals surface area contributed by atoms with Crippen molar-refractivity contribution in [2.45, 2.75) is 164 Å². The summed E-state index contributed by atoms with van der Waals surface area (Å²) in [5.74, 6) is -6.23. The van der Waals surface area contributed by atoms with Gasteiger partial charge in [-0.05, 0) is 12.8 Å². The Kier molecular flexibility index (Phi) is 20.9. The number of carboxylic acid groups (broad SMARTS) is 1. The summed E-state index contributed by atoms with van der Waals surface area (Å²) in [6, 6.07) is 0. The van der Waals surface area contributed by atoms with Gasteiger partial charge in [0.1, 0.15) is 67.3 Å². The molecule has 10 unspecified atom stereocenters. The topological polar surface area (TPSA) is 531 Å². The van der Waals surface area contributed by atoms with E-state index >= 15 is 0 Å². The molecule has 12 N–H and O–H groups in total. The molecule has 5 aliphatic heterocycles. The van der Waals surface area contributed by atoms with Crippen LogP contribution in [0.5, 0.6) is 0 Å². The smallest absolute Gasteiger partial charge is 0.397 e. The number of hydrogen-bond acceptors (Lipinski definition) is 30. The third-order valence-electron chi connectivity index (χ3n) is 12.8. The van der Waals surface area contributed by atoms with Crippen LogP contribution in [0.1, 0.15) is 34.6 Å². The molecule has 5 heterocycles. The molecule has 5 rings (SSSR count). The van der Waals surface area contributed by atoms with E-state index in [1.54, 1.807) is 0 Å². The Balaban J connectivity index is 1.37. The van der Waals surface area contributed by atoms with Crippen LogP contribution in [0, 0.1) is 28.9 Å². The van der Waals surface area contributed by atoms with E-state index in [1.807, 2.05) is 0 Å². The lowest BCUT2D eigenvalue weighted by Crippen LogP contribution is -2.67. The Labute approximate surface area is 416 Å². The fourth-order valence-electron chi connectivity index (χ4n) is 8.50. The van der Waals surface area contributed by atoms with Crippen molar-refractivity contribution in [2.24, 2.45) is 23.7 Å². The lowest BCUT2D eigenvalue weighted by atomic mass is 9.84. The molecule has 5 fully saturated rings. The van der Waals surface area contributed by atoms with Crippen LogP contribution in [0.2, 0.25) is 0 Å². The van der Waals surface area contributed by atoms with Gasteiger partial charge in [0, 0.05) is 17.8 Å². The highest BCUT2D eigenvalue weighted by Crippen LogP contribution is 2.40. The van der Waals surface area contributed by atoms with Crippen LogP contribution < -0.4 is 5.48 Å². The van der Waals surface area contributed by atoms with E-state index in [-0.39, 0.29) is 0 Å².